The molecule has 0 aliphatic carbocycles. The molecule has 1 fully saturated rings. The van der Waals surface area contributed by atoms with Gasteiger partial charge in [0.2, 0.25) is 0 Å². The average Bonchev–Trinajstić information content (AvgIpc) is 2.57. The van der Waals surface area contributed by atoms with Gasteiger partial charge in [-0.15, -0.1) is 0 Å². The Bertz CT molecular complexity index is 933. The largest absolute Gasteiger partial charge is 0.490 e. The van der Waals surface area contributed by atoms with Crippen LogP contribution in [0.1, 0.15) is 34.3 Å². The van der Waals surface area contributed by atoms with Gasteiger partial charge < -0.3 is 9.84 Å². The molecule has 1 aliphatic rings. The number of aromatic carboxylic acids is 1. The van der Waals surface area contributed by atoms with E-state index in [4.69, 9.17) is 4.74 Å². The van der Waals surface area contributed by atoms with Crippen molar-refractivity contribution in [2.24, 2.45) is 0 Å². The summed E-state index contributed by atoms with van der Waals surface area (Å²) in [7, 11) is -2.90. The van der Waals surface area contributed by atoms with Gasteiger partial charge in [-0.05, 0) is 67.1 Å². The highest BCUT2D eigenvalue weighted by Crippen LogP contribution is 2.31. The molecule has 1 saturated heterocycles. The summed E-state index contributed by atoms with van der Waals surface area (Å²) < 4.78 is 29.0. The third-order valence-corrected chi connectivity index (χ3v) is 6.57. The molecule has 0 radical (unpaired) electrons. The predicted octanol–water partition coefficient (Wildman–Crippen LogP) is 3.62. The molecule has 1 aliphatic heterocycles. The van der Waals surface area contributed by atoms with Gasteiger partial charge in [0.1, 0.15) is 11.9 Å². The van der Waals surface area contributed by atoms with Gasteiger partial charge in [-0.1, -0.05) is 18.2 Å². The lowest BCUT2D eigenvalue weighted by Gasteiger charge is -2.23. The fourth-order valence-electron chi connectivity index (χ4n) is 3.35. The van der Waals surface area contributed by atoms with Gasteiger partial charge in [0.15, 0.2) is 9.84 Å². The molecule has 0 amide bonds. The molecule has 0 spiro atoms. The van der Waals surface area contributed by atoms with Crippen molar-refractivity contribution >= 4 is 15.8 Å². The smallest absolute Gasteiger partial charge is 0.335 e. The number of hydrogen-bond acceptors (Lipinski definition) is 4. The molecule has 2 aromatic rings. The number of rotatable bonds is 4. The summed E-state index contributed by atoms with van der Waals surface area (Å²) in [6.45, 7) is 3.77. The first-order chi connectivity index (χ1) is 12.3. The van der Waals surface area contributed by atoms with Crippen LogP contribution < -0.4 is 4.74 Å². The molecule has 5 nitrogen and oxygen atoms in total. The Balaban J connectivity index is 1.83. The minimum atomic E-state index is -2.90. The number of carbonyl (C=O) groups is 1. The van der Waals surface area contributed by atoms with Crippen molar-refractivity contribution in [1.29, 1.82) is 0 Å². The Morgan fingerprint density at radius 3 is 2.38 bits per heavy atom. The van der Waals surface area contributed by atoms with Crippen molar-refractivity contribution in [1.82, 2.24) is 0 Å². The summed E-state index contributed by atoms with van der Waals surface area (Å²) in [5, 5.41) is 9.31. The van der Waals surface area contributed by atoms with Gasteiger partial charge >= 0.3 is 5.97 Å². The summed E-state index contributed by atoms with van der Waals surface area (Å²) in [6.07, 6.45) is 0.951. The lowest BCUT2D eigenvalue weighted by atomic mass is 9.93. The Hall–Kier alpha value is -2.34. The van der Waals surface area contributed by atoms with Gasteiger partial charge in [-0.25, -0.2) is 13.2 Å². The summed E-state index contributed by atoms with van der Waals surface area (Å²) >= 11 is 0. The van der Waals surface area contributed by atoms with Crippen LogP contribution in [0.2, 0.25) is 0 Å². The van der Waals surface area contributed by atoms with Crippen LogP contribution in [0.4, 0.5) is 0 Å². The minimum Gasteiger partial charge on any atom is -0.490 e. The molecule has 0 aromatic heterocycles. The molecule has 0 unspecified atom stereocenters. The van der Waals surface area contributed by atoms with Crippen LogP contribution in [0.5, 0.6) is 5.75 Å². The summed E-state index contributed by atoms with van der Waals surface area (Å²) in [5.74, 6) is 0.128. The molecule has 0 saturated carbocycles. The van der Waals surface area contributed by atoms with E-state index in [0.717, 1.165) is 22.3 Å². The lowest BCUT2D eigenvalue weighted by molar-refractivity contribution is 0.0696. The fourth-order valence-corrected chi connectivity index (χ4v) is 4.80. The second kappa shape index (κ2) is 7.11. The summed E-state index contributed by atoms with van der Waals surface area (Å²) in [4.78, 5) is 11.3. The molecule has 1 N–H and O–H groups in total. The van der Waals surface area contributed by atoms with E-state index in [9.17, 15) is 18.3 Å². The predicted molar refractivity (Wildman–Crippen MR) is 101 cm³/mol. The highest BCUT2D eigenvalue weighted by molar-refractivity contribution is 7.91. The van der Waals surface area contributed by atoms with Gasteiger partial charge in [-0.2, -0.15) is 0 Å². The molecule has 1 heterocycles. The maximum atomic E-state index is 11.5. The normalized spacial score (nSPS) is 17.0. The van der Waals surface area contributed by atoms with Gasteiger partial charge in [0.05, 0.1) is 17.1 Å². The molecule has 138 valence electrons. The highest BCUT2D eigenvalue weighted by atomic mass is 32.2. The van der Waals surface area contributed by atoms with Crippen molar-refractivity contribution in [2.75, 3.05) is 11.5 Å². The first-order valence-corrected chi connectivity index (χ1v) is 10.4. The standard InChI is InChI=1S/C20H22O5S/c1-13-12-16(25-15-8-10-26(23,24)11-9-15)6-7-17(13)18-4-3-5-19(14(18)2)20(21)22/h3-7,12,15H,8-11H2,1-2H3,(H,21,22). The number of ether oxygens (including phenoxy) is 1. The molecule has 0 atom stereocenters. The van der Waals surface area contributed by atoms with E-state index in [-0.39, 0.29) is 17.6 Å². The first kappa shape index (κ1) is 18.5. The Kier molecular flexibility index (Phi) is 5.05. The zero-order chi connectivity index (χ0) is 18.9. The third-order valence-electron chi connectivity index (χ3n) is 4.86. The molecule has 6 heteroatoms. The van der Waals surface area contributed by atoms with E-state index >= 15 is 0 Å². The van der Waals surface area contributed by atoms with Crippen molar-refractivity contribution in [3.63, 3.8) is 0 Å². The van der Waals surface area contributed by atoms with E-state index in [1.165, 1.54) is 0 Å². The minimum absolute atomic E-state index is 0.0825. The quantitative estimate of drug-likeness (QED) is 0.884. The van der Waals surface area contributed by atoms with E-state index in [0.29, 0.717) is 24.2 Å². The van der Waals surface area contributed by atoms with Gasteiger partial charge in [0, 0.05) is 0 Å². The second-order valence-electron chi connectivity index (χ2n) is 6.73. The van der Waals surface area contributed by atoms with Gasteiger partial charge in [-0.3, -0.25) is 0 Å². The molecular formula is C20H22O5S. The van der Waals surface area contributed by atoms with Crippen molar-refractivity contribution in [3.05, 3.63) is 53.1 Å². The number of aryl methyl sites for hydroxylation is 1. The van der Waals surface area contributed by atoms with E-state index in [1.54, 1.807) is 12.1 Å². The number of carboxylic acid groups (broad SMARTS) is 1. The van der Waals surface area contributed by atoms with Crippen LogP contribution in [0.3, 0.4) is 0 Å². The van der Waals surface area contributed by atoms with Crippen LogP contribution >= 0.6 is 0 Å². The van der Waals surface area contributed by atoms with E-state index in [1.807, 2.05) is 38.1 Å². The monoisotopic (exact) mass is 374 g/mol. The Morgan fingerprint density at radius 1 is 1.08 bits per heavy atom. The zero-order valence-electron chi connectivity index (χ0n) is 14.9. The number of sulfone groups is 1. The van der Waals surface area contributed by atoms with Crippen molar-refractivity contribution < 1.29 is 23.1 Å². The zero-order valence-corrected chi connectivity index (χ0v) is 15.7. The van der Waals surface area contributed by atoms with Crippen LogP contribution in [0, 0.1) is 13.8 Å². The number of hydrogen-bond donors (Lipinski definition) is 1. The average molecular weight is 374 g/mol. The Morgan fingerprint density at radius 2 is 1.77 bits per heavy atom. The SMILES string of the molecule is Cc1cc(OC2CCS(=O)(=O)CC2)ccc1-c1cccc(C(=O)O)c1C. The van der Waals surface area contributed by atoms with E-state index < -0.39 is 15.8 Å². The highest BCUT2D eigenvalue weighted by Gasteiger charge is 2.25. The van der Waals surface area contributed by atoms with E-state index in [2.05, 4.69) is 0 Å². The first-order valence-electron chi connectivity index (χ1n) is 8.58. The lowest BCUT2D eigenvalue weighted by Crippen LogP contribution is -2.30. The maximum Gasteiger partial charge on any atom is 0.335 e. The molecule has 26 heavy (non-hydrogen) atoms. The molecule has 2 aromatic carbocycles. The molecule has 0 bridgehead atoms. The maximum absolute atomic E-state index is 11.5. The fraction of sp³-hybridized carbons (Fsp3) is 0.350. The number of carboxylic acids is 1. The van der Waals surface area contributed by atoms with Crippen LogP contribution in [-0.4, -0.2) is 37.1 Å². The summed E-state index contributed by atoms with van der Waals surface area (Å²) in [5.41, 5.74) is 3.86. The van der Waals surface area contributed by atoms with Crippen molar-refractivity contribution in [2.45, 2.75) is 32.8 Å². The van der Waals surface area contributed by atoms with Crippen molar-refractivity contribution in [3.8, 4) is 16.9 Å². The summed E-state index contributed by atoms with van der Waals surface area (Å²) in [6, 6.07) is 11.0. The van der Waals surface area contributed by atoms with Crippen LogP contribution in [0.25, 0.3) is 11.1 Å². The third kappa shape index (κ3) is 3.90. The van der Waals surface area contributed by atoms with Gasteiger partial charge in [0.25, 0.3) is 0 Å². The Labute approximate surface area is 153 Å². The topological polar surface area (TPSA) is 80.7 Å². The molecule has 3 rings (SSSR count). The van der Waals surface area contributed by atoms with Crippen LogP contribution in [-0.2, 0) is 9.84 Å². The molecular weight excluding hydrogens is 352 g/mol. The number of benzene rings is 2. The second-order valence-corrected chi connectivity index (χ2v) is 9.03. The van der Waals surface area contributed by atoms with Crippen LogP contribution in [0.15, 0.2) is 36.4 Å².